The minimum absolute atomic E-state index is 0.236. The number of anilines is 1. The zero-order valence-corrected chi connectivity index (χ0v) is 13.5. The second kappa shape index (κ2) is 6.62. The predicted molar refractivity (Wildman–Crippen MR) is 88.4 cm³/mol. The Bertz CT molecular complexity index is 433. The molecule has 1 aromatic rings. The maximum Gasteiger partial charge on any atom is 0.0371 e. The first-order valence-corrected chi connectivity index (χ1v) is 8.09. The summed E-state index contributed by atoms with van der Waals surface area (Å²) in [6.45, 7) is 10.1. The highest BCUT2D eigenvalue weighted by Crippen LogP contribution is 2.33. The van der Waals surface area contributed by atoms with Gasteiger partial charge < -0.3 is 10.6 Å². The zero-order chi connectivity index (χ0) is 14.7. The van der Waals surface area contributed by atoms with E-state index in [1.165, 1.54) is 42.6 Å². The molecule has 1 fully saturated rings. The highest BCUT2D eigenvalue weighted by molar-refractivity contribution is 5.52. The number of hydrogen-bond donors (Lipinski definition) is 1. The molecule has 1 aliphatic carbocycles. The summed E-state index contributed by atoms with van der Waals surface area (Å²) in [5, 5.41) is 0. The van der Waals surface area contributed by atoms with E-state index >= 15 is 0 Å². The maximum atomic E-state index is 5.92. The van der Waals surface area contributed by atoms with E-state index in [2.05, 4.69) is 50.8 Å². The monoisotopic (exact) mass is 274 g/mol. The fraction of sp³-hybridized carbons (Fsp3) is 0.667. The van der Waals surface area contributed by atoms with Crippen molar-refractivity contribution in [2.24, 2.45) is 11.7 Å². The van der Waals surface area contributed by atoms with Gasteiger partial charge >= 0.3 is 0 Å². The van der Waals surface area contributed by atoms with Gasteiger partial charge in [-0.1, -0.05) is 19.9 Å². The van der Waals surface area contributed by atoms with Crippen molar-refractivity contribution >= 4 is 5.69 Å². The van der Waals surface area contributed by atoms with Crippen molar-refractivity contribution in [1.82, 2.24) is 0 Å². The van der Waals surface area contributed by atoms with Gasteiger partial charge in [-0.3, -0.25) is 0 Å². The summed E-state index contributed by atoms with van der Waals surface area (Å²) in [6, 6.07) is 7.95. The van der Waals surface area contributed by atoms with E-state index in [1.807, 2.05) is 0 Å². The SMILES string of the molecule is Cc1cc(N(CCC(C)C)C2CC2)ccc1CC(C)N. The molecular formula is C18H30N2. The van der Waals surface area contributed by atoms with Crippen LogP contribution in [0.2, 0.25) is 0 Å². The van der Waals surface area contributed by atoms with E-state index in [9.17, 15) is 0 Å². The molecule has 2 N–H and O–H groups in total. The average Bonchev–Trinajstić information content (AvgIpc) is 3.16. The third-order valence-corrected chi connectivity index (χ3v) is 4.13. The van der Waals surface area contributed by atoms with Gasteiger partial charge in [0.15, 0.2) is 0 Å². The predicted octanol–water partition coefficient (Wildman–Crippen LogP) is 3.90. The van der Waals surface area contributed by atoms with Gasteiger partial charge in [-0.15, -0.1) is 0 Å². The first-order chi connectivity index (χ1) is 9.47. The van der Waals surface area contributed by atoms with Crippen LogP contribution in [0.3, 0.4) is 0 Å². The lowest BCUT2D eigenvalue weighted by molar-refractivity contribution is 0.570. The van der Waals surface area contributed by atoms with E-state index in [4.69, 9.17) is 5.73 Å². The second-order valence-corrected chi connectivity index (χ2v) is 6.90. The van der Waals surface area contributed by atoms with E-state index in [0.29, 0.717) is 0 Å². The molecular weight excluding hydrogens is 244 g/mol. The molecule has 0 aliphatic heterocycles. The summed E-state index contributed by atoms with van der Waals surface area (Å²) in [5.41, 5.74) is 10.1. The largest absolute Gasteiger partial charge is 0.369 e. The van der Waals surface area contributed by atoms with Gasteiger partial charge in [0.25, 0.3) is 0 Å². The molecule has 2 rings (SSSR count). The number of nitrogens with two attached hydrogens (primary N) is 1. The fourth-order valence-corrected chi connectivity index (χ4v) is 2.74. The lowest BCUT2D eigenvalue weighted by Crippen LogP contribution is -2.28. The first kappa shape index (κ1) is 15.4. The highest BCUT2D eigenvalue weighted by atomic mass is 15.2. The molecule has 112 valence electrons. The molecule has 2 heteroatoms. The average molecular weight is 274 g/mol. The Kier molecular flexibility index (Phi) is 5.09. The molecule has 1 saturated carbocycles. The maximum absolute atomic E-state index is 5.92. The molecule has 0 radical (unpaired) electrons. The molecule has 0 saturated heterocycles. The molecule has 2 nitrogen and oxygen atoms in total. The third kappa shape index (κ3) is 4.24. The molecule has 1 aromatic carbocycles. The van der Waals surface area contributed by atoms with Crippen LogP contribution in [-0.4, -0.2) is 18.6 Å². The molecule has 1 aliphatic rings. The quantitative estimate of drug-likeness (QED) is 0.817. The van der Waals surface area contributed by atoms with Crippen LogP contribution in [-0.2, 0) is 6.42 Å². The number of hydrogen-bond acceptors (Lipinski definition) is 2. The molecule has 0 spiro atoms. The van der Waals surface area contributed by atoms with Gasteiger partial charge in [0.1, 0.15) is 0 Å². The molecule has 20 heavy (non-hydrogen) atoms. The zero-order valence-electron chi connectivity index (χ0n) is 13.5. The minimum atomic E-state index is 0.236. The summed E-state index contributed by atoms with van der Waals surface area (Å²) in [7, 11) is 0. The lowest BCUT2D eigenvalue weighted by atomic mass is 10.0. The van der Waals surface area contributed by atoms with Gasteiger partial charge in [0.05, 0.1) is 0 Å². The summed E-state index contributed by atoms with van der Waals surface area (Å²) in [4.78, 5) is 2.61. The van der Waals surface area contributed by atoms with Gasteiger partial charge in [0.2, 0.25) is 0 Å². The standard InChI is InChI=1S/C18H30N2/c1-13(2)9-10-20(17-7-8-17)18-6-5-16(12-15(4)19)14(3)11-18/h5-6,11,13,15,17H,7-10,12,19H2,1-4H3. The van der Waals surface area contributed by atoms with Gasteiger partial charge in [-0.25, -0.2) is 0 Å². The second-order valence-electron chi connectivity index (χ2n) is 6.90. The van der Waals surface area contributed by atoms with Crippen molar-refractivity contribution in [3.63, 3.8) is 0 Å². The van der Waals surface area contributed by atoms with Crippen LogP contribution in [0, 0.1) is 12.8 Å². The Balaban J connectivity index is 2.10. The number of benzene rings is 1. The van der Waals surface area contributed by atoms with Gasteiger partial charge in [-0.05, 0) is 68.7 Å². The van der Waals surface area contributed by atoms with Crippen LogP contribution in [0.5, 0.6) is 0 Å². The van der Waals surface area contributed by atoms with Crippen molar-refractivity contribution in [2.45, 2.75) is 65.5 Å². The Labute approximate surface area is 124 Å². The van der Waals surface area contributed by atoms with Crippen LogP contribution < -0.4 is 10.6 Å². The van der Waals surface area contributed by atoms with E-state index in [0.717, 1.165) is 18.4 Å². The first-order valence-electron chi connectivity index (χ1n) is 8.09. The summed E-state index contributed by atoms with van der Waals surface area (Å²) >= 11 is 0. The van der Waals surface area contributed by atoms with E-state index in [-0.39, 0.29) is 6.04 Å². The van der Waals surface area contributed by atoms with Crippen molar-refractivity contribution in [1.29, 1.82) is 0 Å². The van der Waals surface area contributed by atoms with Gasteiger partial charge in [0, 0.05) is 24.3 Å². The number of nitrogens with zero attached hydrogens (tertiary/aromatic N) is 1. The van der Waals surface area contributed by atoms with Crippen molar-refractivity contribution in [3.8, 4) is 0 Å². The summed E-state index contributed by atoms with van der Waals surface area (Å²) in [5.74, 6) is 0.773. The minimum Gasteiger partial charge on any atom is -0.369 e. The highest BCUT2D eigenvalue weighted by Gasteiger charge is 2.29. The Morgan fingerprint density at radius 3 is 2.45 bits per heavy atom. The molecule has 1 atom stereocenters. The smallest absolute Gasteiger partial charge is 0.0371 e. The Morgan fingerprint density at radius 2 is 1.95 bits per heavy atom. The molecule has 1 unspecified atom stereocenters. The Morgan fingerprint density at radius 1 is 1.25 bits per heavy atom. The van der Waals surface area contributed by atoms with Crippen LogP contribution >= 0.6 is 0 Å². The van der Waals surface area contributed by atoms with E-state index in [1.54, 1.807) is 0 Å². The normalized spacial score (nSPS) is 16.5. The lowest BCUT2D eigenvalue weighted by Gasteiger charge is -2.26. The fourth-order valence-electron chi connectivity index (χ4n) is 2.74. The van der Waals surface area contributed by atoms with Crippen molar-refractivity contribution in [3.05, 3.63) is 29.3 Å². The van der Waals surface area contributed by atoms with Crippen LogP contribution in [0.25, 0.3) is 0 Å². The Hall–Kier alpha value is -1.02. The molecule has 0 aromatic heterocycles. The van der Waals surface area contributed by atoms with Crippen LogP contribution in [0.4, 0.5) is 5.69 Å². The molecule has 0 heterocycles. The van der Waals surface area contributed by atoms with Crippen LogP contribution in [0.1, 0.15) is 51.2 Å². The topological polar surface area (TPSA) is 29.3 Å². The summed E-state index contributed by atoms with van der Waals surface area (Å²) < 4.78 is 0. The number of rotatable bonds is 7. The van der Waals surface area contributed by atoms with Crippen molar-refractivity contribution < 1.29 is 0 Å². The van der Waals surface area contributed by atoms with E-state index < -0.39 is 0 Å². The molecule has 0 bridgehead atoms. The number of aryl methyl sites for hydroxylation is 1. The summed E-state index contributed by atoms with van der Waals surface area (Å²) in [6.07, 6.45) is 4.97. The van der Waals surface area contributed by atoms with Gasteiger partial charge in [-0.2, -0.15) is 0 Å². The van der Waals surface area contributed by atoms with Crippen molar-refractivity contribution in [2.75, 3.05) is 11.4 Å². The third-order valence-electron chi connectivity index (χ3n) is 4.13. The van der Waals surface area contributed by atoms with Crippen LogP contribution in [0.15, 0.2) is 18.2 Å². The molecule has 0 amide bonds.